The van der Waals surface area contributed by atoms with Crippen LogP contribution in [0.4, 0.5) is 0 Å². The predicted molar refractivity (Wildman–Crippen MR) is 101 cm³/mol. The number of nitrogens with one attached hydrogen (secondary N) is 1. The van der Waals surface area contributed by atoms with Crippen LogP contribution in [0.5, 0.6) is 0 Å². The minimum Gasteiger partial charge on any atom is -0.342 e. The molecule has 2 aromatic heterocycles. The molecular formula is C19H19N5S. The summed E-state index contributed by atoms with van der Waals surface area (Å²) in [5.41, 5.74) is 3.38. The summed E-state index contributed by atoms with van der Waals surface area (Å²) in [5, 5.41) is 9.63. The van der Waals surface area contributed by atoms with Gasteiger partial charge in [-0.2, -0.15) is 0 Å². The molecule has 0 aliphatic rings. The number of imidazole rings is 1. The third-order valence-electron chi connectivity index (χ3n) is 4.16. The van der Waals surface area contributed by atoms with E-state index in [2.05, 4.69) is 49.0 Å². The predicted octanol–water partition coefficient (Wildman–Crippen LogP) is 3.77. The van der Waals surface area contributed by atoms with Crippen molar-refractivity contribution in [2.45, 2.75) is 23.8 Å². The molecule has 0 spiro atoms. The number of aryl methyl sites for hydroxylation is 2. The number of benzene rings is 2. The molecule has 25 heavy (non-hydrogen) atoms. The monoisotopic (exact) mass is 349 g/mol. The van der Waals surface area contributed by atoms with Crippen LogP contribution in [0.25, 0.3) is 11.0 Å². The molecule has 0 radical (unpaired) electrons. The maximum Gasteiger partial charge on any atom is 0.191 e. The fourth-order valence-corrected chi connectivity index (χ4v) is 3.65. The first kappa shape index (κ1) is 15.9. The molecule has 4 rings (SSSR count). The van der Waals surface area contributed by atoms with Gasteiger partial charge >= 0.3 is 0 Å². The number of rotatable bonds is 6. The van der Waals surface area contributed by atoms with E-state index >= 15 is 0 Å². The van der Waals surface area contributed by atoms with Crippen LogP contribution in [-0.4, -0.2) is 24.7 Å². The van der Waals surface area contributed by atoms with Gasteiger partial charge in [-0.05, 0) is 17.7 Å². The number of thioether (sulfide) groups is 1. The Morgan fingerprint density at radius 1 is 0.960 bits per heavy atom. The second-order valence-corrected chi connectivity index (χ2v) is 6.88. The van der Waals surface area contributed by atoms with E-state index < -0.39 is 0 Å². The molecule has 2 aromatic carbocycles. The molecule has 0 saturated heterocycles. The molecule has 6 heteroatoms. The number of hydrogen-bond acceptors (Lipinski definition) is 4. The van der Waals surface area contributed by atoms with Gasteiger partial charge in [0.2, 0.25) is 0 Å². The minimum absolute atomic E-state index is 0.815. The highest BCUT2D eigenvalue weighted by atomic mass is 32.2. The van der Waals surface area contributed by atoms with Crippen molar-refractivity contribution in [3.63, 3.8) is 0 Å². The molecule has 4 aromatic rings. The van der Waals surface area contributed by atoms with Gasteiger partial charge in [0.05, 0.1) is 11.0 Å². The molecule has 126 valence electrons. The molecule has 2 heterocycles. The average Bonchev–Trinajstić information content (AvgIpc) is 3.22. The van der Waals surface area contributed by atoms with Gasteiger partial charge in [0.1, 0.15) is 11.6 Å². The van der Waals surface area contributed by atoms with Crippen molar-refractivity contribution in [1.82, 2.24) is 24.7 Å². The van der Waals surface area contributed by atoms with Crippen LogP contribution in [0.2, 0.25) is 0 Å². The summed E-state index contributed by atoms with van der Waals surface area (Å²) in [7, 11) is 2.03. The van der Waals surface area contributed by atoms with Crippen LogP contribution in [0.15, 0.2) is 59.8 Å². The van der Waals surface area contributed by atoms with E-state index in [1.807, 2.05) is 37.4 Å². The smallest absolute Gasteiger partial charge is 0.191 e. The van der Waals surface area contributed by atoms with E-state index in [0.29, 0.717) is 0 Å². The van der Waals surface area contributed by atoms with E-state index in [0.717, 1.165) is 46.4 Å². The zero-order valence-electron chi connectivity index (χ0n) is 14.0. The molecular weight excluding hydrogens is 330 g/mol. The molecule has 0 atom stereocenters. The quantitative estimate of drug-likeness (QED) is 0.538. The maximum absolute atomic E-state index is 4.62. The maximum atomic E-state index is 4.62. The Balaban J connectivity index is 1.40. The van der Waals surface area contributed by atoms with E-state index in [4.69, 9.17) is 0 Å². The summed E-state index contributed by atoms with van der Waals surface area (Å²) >= 11 is 1.71. The SMILES string of the molecule is Cn1c(CCc2nc3ccccc3[nH]2)nnc1SCc1ccccc1. The minimum atomic E-state index is 0.815. The van der Waals surface area contributed by atoms with Gasteiger partial charge < -0.3 is 9.55 Å². The van der Waals surface area contributed by atoms with Crippen LogP contribution in [0, 0.1) is 0 Å². The van der Waals surface area contributed by atoms with Gasteiger partial charge in [-0.3, -0.25) is 0 Å². The van der Waals surface area contributed by atoms with Crippen LogP contribution in [-0.2, 0) is 25.6 Å². The lowest BCUT2D eigenvalue weighted by molar-refractivity contribution is 0.714. The molecule has 0 saturated carbocycles. The molecule has 0 bridgehead atoms. The van der Waals surface area contributed by atoms with Gasteiger partial charge in [0, 0.05) is 25.6 Å². The topological polar surface area (TPSA) is 59.4 Å². The van der Waals surface area contributed by atoms with Crippen molar-refractivity contribution in [1.29, 1.82) is 0 Å². The van der Waals surface area contributed by atoms with Crippen LogP contribution in [0.3, 0.4) is 0 Å². The Labute approximate surface area is 150 Å². The van der Waals surface area contributed by atoms with Gasteiger partial charge in [-0.25, -0.2) is 4.98 Å². The number of H-pyrrole nitrogens is 1. The third kappa shape index (κ3) is 3.58. The zero-order valence-corrected chi connectivity index (χ0v) is 14.8. The molecule has 5 nitrogen and oxygen atoms in total. The summed E-state index contributed by atoms with van der Waals surface area (Å²) < 4.78 is 2.08. The third-order valence-corrected chi connectivity index (χ3v) is 5.25. The van der Waals surface area contributed by atoms with Crippen LogP contribution < -0.4 is 0 Å². The largest absolute Gasteiger partial charge is 0.342 e. The normalized spacial score (nSPS) is 11.2. The average molecular weight is 349 g/mol. The van der Waals surface area contributed by atoms with Crippen molar-refractivity contribution < 1.29 is 0 Å². The summed E-state index contributed by atoms with van der Waals surface area (Å²) in [5.74, 6) is 2.87. The van der Waals surface area contributed by atoms with Gasteiger partial charge in [-0.1, -0.05) is 54.2 Å². The standard InChI is InChI=1S/C19H19N5S/c1-24-18(12-11-17-20-15-9-5-6-10-16(15)21-17)22-23-19(24)25-13-14-7-3-2-4-8-14/h2-10H,11-13H2,1H3,(H,20,21). The number of nitrogens with zero attached hydrogens (tertiary/aromatic N) is 4. The molecule has 0 aliphatic heterocycles. The second-order valence-electron chi connectivity index (χ2n) is 5.93. The molecule has 0 amide bonds. The number of aromatic amines is 1. The Bertz CT molecular complexity index is 941. The van der Waals surface area contributed by atoms with E-state index in [1.165, 1.54) is 5.56 Å². The summed E-state index contributed by atoms with van der Waals surface area (Å²) in [6.45, 7) is 0. The molecule has 0 aliphatic carbocycles. The molecule has 0 unspecified atom stereocenters. The summed E-state index contributed by atoms with van der Waals surface area (Å²) in [6.07, 6.45) is 1.64. The fourth-order valence-electron chi connectivity index (χ4n) is 2.76. The highest BCUT2D eigenvalue weighted by molar-refractivity contribution is 7.98. The lowest BCUT2D eigenvalue weighted by atomic mass is 10.2. The van der Waals surface area contributed by atoms with E-state index in [9.17, 15) is 0 Å². The van der Waals surface area contributed by atoms with Crippen molar-refractivity contribution in [2.75, 3.05) is 0 Å². The lowest BCUT2D eigenvalue weighted by Crippen LogP contribution is -2.02. The highest BCUT2D eigenvalue weighted by Crippen LogP contribution is 2.21. The van der Waals surface area contributed by atoms with Gasteiger partial charge in [0.15, 0.2) is 5.16 Å². The number of hydrogen-bond donors (Lipinski definition) is 1. The van der Waals surface area contributed by atoms with Crippen molar-refractivity contribution >= 4 is 22.8 Å². The molecule has 0 fully saturated rings. The summed E-state index contributed by atoms with van der Waals surface area (Å²) in [6, 6.07) is 18.5. The Morgan fingerprint density at radius 3 is 2.60 bits per heavy atom. The van der Waals surface area contributed by atoms with Crippen molar-refractivity contribution in [3.8, 4) is 0 Å². The first-order valence-electron chi connectivity index (χ1n) is 8.28. The zero-order chi connectivity index (χ0) is 17.1. The van der Waals surface area contributed by atoms with Gasteiger partial charge in [-0.15, -0.1) is 10.2 Å². The van der Waals surface area contributed by atoms with E-state index in [1.54, 1.807) is 11.8 Å². The first-order valence-corrected chi connectivity index (χ1v) is 9.27. The Hall–Kier alpha value is -2.60. The highest BCUT2D eigenvalue weighted by Gasteiger charge is 2.11. The van der Waals surface area contributed by atoms with E-state index in [-0.39, 0.29) is 0 Å². The van der Waals surface area contributed by atoms with Crippen LogP contribution in [0.1, 0.15) is 17.2 Å². The second kappa shape index (κ2) is 7.11. The van der Waals surface area contributed by atoms with Crippen molar-refractivity contribution in [3.05, 3.63) is 71.8 Å². The van der Waals surface area contributed by atoms with Gasteiger partial charge in [0.25, 0.3) is 0 Å². The lowest BCUT2D eigenvalue weighted by Gasteiger charge is -2.03. The fraction of sp³-hybridized carbons (Fsp3) is 0.211. The Morgan fingerprint density at radius 2 is 1.76 bits per heavy atom. The Kier molecular flexibility index (Phi) is 4.52. The number of aromatic nitrogens is 5. The first-order chi connectivity index (χ1) is 12.3. The molecule has 1 N–H and O–H groups in total. The number of para-hydroxylation sites is 2. The van der Waals surface area contributed by atoms with Crippen molar-refractivity contribution in [2.24, 2.45) is 7.05 Å². The summed E-state index contributed by atoms with van der Waals surface area (Å²) in [4.78, 5) is 7.99. The van der Waals surface area contributed by atoms with Crippen LogP contribution >= 0.6 is 11.8 Å². The number of fused-ring (bicyclic) bond motifs is 1.